The average Bonchev–Trinajstić information content (AvgIpc) is 2.68. The Bertz CT molecular complexity index is 915. The van der Waals surface area contributed by atoms with Crippen molar-refractivity contribution in [2.75, 3.05) is 5.32 Å². The van der Waals surface area contributed by atoms with Crippen molar-refractivity contribution in [2.24, 2.45) is 0 Å². The normalized spacial score (nSPS) is 10.3. The number of ether oxygens (including phenoxy) is 1. The third-order valence-corrected chi connectivity index (χ3v) is 4.17. The summed E-state index contributed by atoms with van der Waals surface area (Å²) in [5.74, 6) is 0.444. The molecule has 1 aromatic heterocycles. The van der Waals surface area contributed by atoms with Gasteiger partial charge in [-0.25, -0.2) is 9.37 Å². The average molecular weight is 381 g/mol. The Morgan fingerprint density at radius 3 is 2.67 bits per heavy atom. The Balaban J connectivity index is 1.61. The van der Waals surface area contributed by atoms with Crippen LogP contribution in [-0.2, 0) is 13.0 Å². The summed E-state index contributed by atoms with van der Waals surface area (Å²) < 4.78 is 19.1. The van der Waals surface area contributed by atoms with Crippen molar-refractivity contribution >= 4 is 23.0 Å². The molecule has 0 spiro atoms. The maximum absolute atomic E-state index is 13.3. The molecule has 0 amide bonds. The van der Waals surface area contributed by atoms with Crippen molar-refractivity contribution in [3.05, 3.63) is 83.8 Å². The zero-order chi connectivity index (χ0) is 19.1. The van der Waals surface area contributed by atoms with E-state index in [1.807, 2.05) is 24.3 Å². The van der Waals surface area contributed by atoms with E-state index in [2.05, 4.69) is 34.7 Å². The van der Waals surface area contributed by atoms with Gasteiger partial charge in [-0.1, -0.05) is 31.2 Å². The molecule has 0 unspecified atom stereocenters. The van der Waals surface area contributed by atoms with Crippen LogP contribution in [-0.4, -0.2) is 10.1 Å². The topological polar surface area (TPSA) is 46.2 Å². The fraction of sp³-hybridized carbons (Fsp3) is 0.143. The van der Waals surface area contributed by atoms with E-state index in [9.17, 15) is 4.39 Å². The second-order valence-electron chi connectivity index (χ2n) is 5.89. The van der Waals surface area contributed by atoms with Crippen LogP contribution in [0.1, 0.15) is 18.1 Å². The van der Waals surface area contributed by atoms with Gasteiger partial charge in [0.1, 0.15) is 11.6 Å². The van der Waals surface area contributed by atoms with Gasteiger partial charge < -0.3 is 15.4 Å². The van der Waals surface area contributed by atoms with Gasteiger partial charge >= 0.3 is 0 Å². The second kappa shape index (κ2) is 9.09. The maximum Gasteiger partial charge on any atom is 0.224 e. The largest absolute Gasteiger partial charge is 0.439 e. The molecule has 0 aliphatic rings. The molecule has 6 heteroatoms. The van der Waals surface area contributed by atoms with Gasteiger partial charge in [0.05, 0.1) is 0 Å². The van der Waals surface area contributed by atoms with E-state index < -0.39 is 0 Å². The molecular weight excluding hydrogens is 361 g/mol. The monoisotopic (exact) mass is 381 g/mol. The number of hydrogen-bond donors (Lipinski definition) is 2. The smallest absolute Gasteiger partial charge is 0.224 e. The summed E-state index contributed by atoms with van der Waals surface area (Å²) in [6, 6.07) is 17.8. The number of aryl methyl sites for hydroxylation is 1. The number of rotatable bonds is 6. The molecule has 2 N–H and O–H groups in total. The number of pyridine rings is 1. The van der Waals surface area contributed by atoms with Crippen LogP contribution in [0.25, 0.3) is 0 Å². The lowest BCUT2D eigenvalue weighted by molar-refractivity contribution is 0.451. The highest BCUT2D eigenvalue weighted by Gasteiger charge is 2.08. The molecule has 0 fully saturated rings. The zero-order valence-electron chi connectivity index (χ0n) is 14.9. The highest BCUT2D eigenvalue weighted by Crippen LogP contribution is 2.23. The summed E-state index contributed by atoms with van der Waals surface area (Å²) in [7, 11) is 0. The Morgan fingerprint density at radius 2 is 1.93 bits per heavy atom. The van der Waals surface area contributed by atoms with Crippen LogP contribution >= 0.6 is 12.2 Å². The van der Waals surface area contributed by atoms with E-state index in [4.69, 9.17) is 17.0 Å². The van der Waals surface area contributed by atoms with Gasteiger partial charge in [-0.2, -0.15) is 0 Å². The van der Waals surface area contributed by atoms with E-state index in [0.717, 1.165) is 17.7 Å². The van der Waals surface area contributed by atoms with Crippen LogP contribution < -0.4 is 15.4 Å². The van der Waals surface area contributed by atoms with Crippen LogP contribution in [0.5, 0.6) is 11.6 Å². The van der Waals surface area contributed by atoms with Gasteiger partial charge in [-0.15, -0.1) is 0 Å². The zero-order valence-corrected chi connectivity index (χ0v) is 15.7. The summed E-state index contributed by atoms with van der Waals surface area (Å²) in [4.78, 5) is 4.24. The molecule has 27 heavy (non-hydrogen) atoms. The van der Waals surface area contributed by atoms with E-state index in [1.165, 1.54) is 17.7 Å². The summed E-state index contributed by atoms with van der Waals surface area (Å²) in [6.07, 6.45) is 2.63. The van der Waals surface area contributed by atoms with Crippen LogP contribution in [0.4, 0.5) is 10.1 Å². The molecular formula is C21H20FN3OS. The third kappa shape index (κ3) is 5.49. The second-order valence-corrected chi connectivity index (χ2v) is 6.29. The molecule has 1 heterocycles. The summed E-state index contributed by atoms with van der Waals surface area (Å²) in [5.41, 5.74) is 3.01. The lowest BCUT2D eigenvalue weighted by Crippen LogP contribution is -2.28. The minimum atomic E-state index is -0.359. The molecule has 4 nitrogen and oxygen atoms in total. The van der Waals surface area contributed by atoms with Crippen LogP contribution in [0.15, 0.2) is 66.9 Å². The minimum Gasteiger partial charge on any atom is -0.439 e. The minimum absolute atomic E-state index is 0.359. The van der Waals surface area contributed by atoms with Gasteiger partial charge in [0, 0.05) is 30.1 Å². The molecule has 3 aromatic rings. The van der Waals surface area contributed by atoms with Crippen molar-refractivity contribution in [3.8, 4) is 11.6 Å². The van der Waals surface area contributed by atoms with E-state index in [-0.39, 0.29) is 5.82 Å². The molecule has 0 radical (unpaired) electrons. The van der Waals surface area contributed by atoms with Crippen LogP contribution in [0.3, 0.4) is 0 Å². The Morgan fingerprint density at radius 1 is 1.11 bits per heavy atom. The lowest BCUT2D eigenvalue weighted by Gasteiger charge is -2.13. The SMILES string of the molecule is CCc1ccc(NC(=S)NCc2cccnc2Oc2cccc(F)c2)cc1. The maximum atomic E-state index is 13.3. The van der Waals surface area contributed by atoms with Crippen molar-refractivity contribution in [3.63, 3.8) is 0 Å². The van der Waals surface area contributed by atoms with Crippen LogP contribution in [0, 0.1) is 5.82 Å². The first-order valence-electron chi connectivity index (χ1n) is 8.65. The van der Waals surface area contributed by atoms with Gasteiger partial charge in [0.25, 0.3) is 0 Å². The third-order valence-electron chi connectivity index (χ3n) is 3.92. The van der Waals surface area contributed by atoms with E-state index >= 15 is 0 Å². The van der Waals surface area contributed by atoms with Crippen molar-refractivity contribution in [1.29, 1.82) is 0 Å². The molecule has 138 valence electrons. The summed E-state index contributed by atoms with van der Waals surface area (Å²) in [6.45, 7) is 2.55. The number of anilines is 1. The number of halogens is 1. The number of aromatic nitrogens is 1. The van der Waals surface area contributed by atoms with Gasteiger partial charge in [-0.05, 0) is 54.5 Å². The fourth-order valence-electron chi connectivity index (χ4n) is 2.47. The number of hydrogen-bond acceptors (Lipinski definition) is 3. The Labute approximate surface area is 163 Å². The highest BCUT2D eigenvalue weighted by atomic mass is 32.1. The number of benzene rings is 2. The van der Waals surface area contributed by atoms with Crippen LogP contribution in [0.2, 0.25) is 0 Å². The predicted molar refractivity (Wildman–Crippen MR) is 110 cm³/mol. The lowest BCUT2D eigenvalue weighted by atomic mass is 10.1. The first-order chi connectivity index (χ1) is 13.1. The fourth-order valence-corrected chi connectivity index (χ4v) is 2.66. The van der Waals surface area contributed by atoms with Crippen molar-refractivity contribution < 1.29 is 9.13 Å². The molecule has 0 aliphatic carbocycles. The summed E-state index contributed by atoms with van der Waals surface area (Å²) in [5, 5.41) is 6.79. The quantitative estimate of drug-likeness (QED) is 0.584. The molecule has 3 rings (SSSR count). The van der Waals surface area contributed by atoms with E-state index in [0.29, 0.717) is 23.3 Å². The summed E-state index contributed by atoms with van der Waals surface area (Å²) >= 11 is 5.35. The molecule has 0 saturated heterocycles. The Hall–Kier alpha value is -2.99. The van der Waals surface area contributed by atoms with Gasteiger partial charge in [-0.3, -0.25) is 0 Å². The van der Waals surface area contributed by atoms with Crippen molar-refractivity contribution in [2.45, 2.75) is 19.9 Å². The molecule has 0 saturated carbocycles. The standard InChI is InChI=1S/C21H20FN3OS/c1-2-15-8-10-18(11-9-15)25-21(27)24-14-16-5-4-12-23-20(16)26-19-7-3-6-17(22)13-19/h3-13H,2,14H2,1H3,(H2,24,25,27). The first-order valence-corrected chi connectivity index (χ1v) is 9.06. The predicted octanol–water partition coefficient (Wildman–Crippen LogP) is 5.06. The van der Waals surface area contributed by atoms with Gasteiger partial charge in [0.15, 0.2) is 5.11 Å². The first kappa shape index (κ1) is 18.8. The molecule has 0 aliphatic heterocycles. The number of nitrogens with zero attached hydrogens (tertiary/aromatic N) is 1. The van der Waals surface area contributed by atoms with Gasteiger partial charge in [0.2, 0.25) is 5.88 Å². The molecule has 0 bridgehead atoms. The molecule has 2 aromatic carbocycles. The Kier molecular flexibility index (Phi) is 6.33. The highest BCUT2D eigenvalue weighted by molar-refractivity contribution is 7.80. The van der Waals surface area contributed by atoms with E-state index in [1.54, 1.807) is 18.3 Å². The number of nitrogens with one attached hydrogen (secondary N) is 2. The van der Waals surface area contributed by atoms with Crippen molar-refractivity contribution in [1.82, 2.24) is 10.3 Å². The molecule has 0 atom stereocenters. The number of thiocarbonyl (C=S) groups is 1.